The van der Waals surface area contributed by atoms with Crippen LogP contribution in [-0.2, 0) is 19.1 Å². The number of hydrogen-bond acceptors (Lipinski definition) is 8. The molecule has 3 aromatic carbocycles. The molecule has 2 saturated heterocycles. The highest BCUT2D eigenvalue weighted by Crippen LogP contribution is 2.58. The Bertz CT molecular complexity index is 2540. The Balaban J connectivity index is 0.832. The first-order valence-corrected chi connectivity index (χ1v) is 22.1. The van der Waals surface area contributed by atoms with Gasteiger partial charge in [0.1, 0.15) is 23.7 Å². The fraction of sp³-hybridized carbons (Fsp3) is 0.458. The Hall–Kier alpha value is -6.18. The lowest BCUT2D eigenvalue weighted by atomic mass is 9.95. The molecule has 322 valence electrons. The highest BCUT2D eigenvalue weighted by atomic mass is 16.5. The summed E-state index contributed by atoms with van der Waals surface area (Å²) in [6.45, 7) is 4.55. The lowest BCUT2D eigenvalue weighted by Crippen LogP contribution is -2.54. The highest BCUT2D eigenvalue weighted by molar-refractivity contribution is 5.91. The van der Waals surface area contributed by atoms with Crippen molar-refractivity contribution in [3.63, 3.8) is 0 Å². The molecule has 6 unspecified atom stereocenters. The van der Waals surface area contributed by atoms with E-state index < -0.39 is 24.3 Å². The lowest BCUT2D eigenvalue weighted by molar-refractivity contribution is -0.139. The van der Waals surface area contributed by atoms with Gasteiger partial charge in [0.25, 0.3) is 0 Å². The van der Waals surface area contributed by atoms with Crippen LogP contribution >= 0.6 is 0 Å². The van der Waals surface area contributed by atoms with Gasteiger partial charge in [0.15, 0.2) is 0 Å². The van der Waals surface area contributed by atoms with Crippen molar-refractivity contribution in [2.75, 3.05) is 20.8 Å². The van der Waals surface area contributed by atoms with Crippen molar-refractivity contribution in [2.24, 2.45) is 23.2 Å². The molecule has 5 aromatic rings. The van der Waals surface area contributed by atoms with Crippen LogP contribution in [0.15, 0.2) is 73.1 Å². The van der Waals surface area contributed by atoms with E-state index in [4.69, 9.17) is 19.4 Å². The van der Waals surface area contributed by atoms with Crippen molar-refractivity contribution in [3.8, 4) is 33.6 Å². The van der Waals surface area contributed by atoms with E-state index in [1.54, 1.807) is 0 Å². The molecule has 5 aliphatic rings. The minimum Gasteiger partial charge on any atom is -0.453 e. The summed E-state index contributed by atoms with van der Waals surface area (Å²) in [5.74, 6) is 1.78. The molecule has 10 rings (SSSR count). The van der Waals surface area contributed by atoms with Gasteiger partial charge in [-0.2, -0.15) is 0 Å². The summed E-state index contributed by atoms with van der Waals surface area (Å²) in [6, 6.07) is 19.9. The SMILES string of the molecule is COC(=O)NC(C(=O)N1C2CCC(C2)C1c1ncc(-c2ccc3cc(-c4ccc(-c5cnc(C6CC7(CC7)CN6C(=O)C(NC(=O)OC)C6CC6)[nH]5)cc4)ccc3c2)[nH]1)C(C)C. The van der Waals surface area contributed by atoms with Crippen LogP contribution in [0.5, 0.6) is 0 Å². The number of likely N-dealkylation sites (tertiary alicyclic amines) is 2. The molecular formula is C48H54N8O6. The summed E-state index contributed by atoms with van der Waals surface area (Å²) in [4.78, 5) is 72.9. The molecule has 2 bridgehead atoms. The van der Waals surface area contributed by atoms with Gasteiger partial charge in [-0.3, -0.25) is 9.59 Å². The Morgan fingerprint density at radius 1 is 0.742 bits per heavy atom. The summed E-state index contributed by atoms with van der Waals surface area (Å²) in [5.41, 5.74) is 6.15. The number of fused-ring (bicyclic) bond motifs is 3. The predicted octanol–water partition coefficient (Wildman–Crippen LogP) is 7.91. The van der Waals surface area contributed by atoms with E-state index in [0.717, 1.165) is 107 Å². The van der Waals surface area contributed by atoms with Crippen molar-refractivity contribution in [2.45, 2.75) is 95.4 Å². The number of amides is 4. The molecular weight excluding hydrogens is 785 g/mol. The second-order valence-corrected chi connectivity index (χ2v) is 18.6. The maximum absolute atomic E-state index is 14.0. The zero-order valence-electron chi connectivity index (χ0n) is 35.6. The second kappa shape index (κ2) is 15.6. The number of carbonyl (C=O) groups is 4. The molecule has 0 radical (unpaired) electrons. The van der Waals surface area contributed by atoms with Gasteiger partial charge in [-0.15, -0.1) is 0 Å². The van der Waals surface area contributed by atoms with Gasteiger partial charge in [-0.05, 0) is 114 Å². The molecule has 4 heterocycles. The summed E-state index contributed by atoms with van der Waals surface area (Å²) in [5, 5.41) is 7.80. The van der Waals surface area contributed by atoms with Gasteiger partial charge in [-0.1, -0.05) is 62.4 Å². The molecule has 2 aromatic heterocycles. The third-order valence-corrected chi connectivity index (χ3v) is 14.3. The van der Waals surface area contributed by atoms with E-state index >= 15 is 0 Å². The molecule has 6 atom stereocenters. The first-order chi connectivity index (χ1) is 30.0. The summed E-state index contributed by atoms with van der Waals surface area (Å²) < 4.78 is 9.68. The number of aromatic amines is 2. The Labute approximate surface area is 360 Å². The summed E-state index contributed by atoms with van der Waals surface area (Å²) in [7, 11) is 2.64. The van der Waals surface area contributed by atoms with Crippen LogP contribution in [0.4, 0.5) is 9.59 Å². The molecule has 14 heteroatoms. The molecule has 3 aliphatic carbocycles. The van der Waals surface area contributed by atoms with Crippen LogP contribution in [0, 0.1) is 23.2 Å². The summed E-state index contributed by atoms with van der Waals surface area (Å²) in [6.07, 6.45) is 10.4. The quantitative estimate of drug-likeness (QED) is 0.104. The van der Waals surface area contributed by atoms with E-state index in [-0.39, 0.29) is 47.2 Å². The first kappa shape index (κ1) is 39.9. The van der Waals surface area contributed by atoms with E-state index in [2.05, 4.69) is 81.3 Å². The Morgan fingerprint density at radius 2 is 1.35 bits per heavy atom. The van der Waals surface area contributed by atoms with Gasteiger partial charge < -0.3 is 39.9 Å². The fourth-order valence-corrected chi connectivity index (χ4v) is 10.5. The largest absolute Gasteiger partial charge is 0.453 e. The number of benzene rings is 3. The third kappa shape index (κ3) is 7.36. The Kier molecular flexibility index (Phi) is 10.1. The van der Waals surface area contributed by atoms with Crippen LogP contribution in [0.2, 0.25) is 0 Å². The summed E-state index contributed by atoms with van der Waals surface area (Å²) >= 11 is 0. The van der Waals surface area contributed by atoms with E-state index in [1.807, 2.05) is 36.0 Å². The first-order valence-electron chi connectivity index (χ1n) is 22.1. The van der Waals surface area contributed by atoms with Crippen molar-refractivity contribution in [1.29, 1.82) is 0 Å². The van der Waals surface area contributed by atoms with Crippen LogP contribution in [0.3, 0.4) is 0 Å². The topological polar surface area (TPSA) is 175 Å². The number of hydrogen-bond donors (Lipinski definition) is 4. The molecule has 4 amide bonds. The van der Waals surface area contributed by atoms with Crippen molar-refractivity contribution in [1.82, 2.24) is 40.4 Å². The number of ether oxygens (including phenoxy) is 2. The molecule has 1 spiro atoms. The number of nitrogens with zero attached hydrogens (tertiary/aromatic N) is 4. The van der Waals surface area contributed by atoms with Gasteiger partial charge in [0.05, 0.1) is 50.1 Å². The standard InChI is InChI=1S/C48H54N8O6/c1-26(2)39(53-46(59)61-3)45(58)56-35-16-15-34(21-35)41(56)43-50-24-37(52-43)33-14-13-31-19-30(11-12-32(31)20-33)27-5-7-28(8-6-27)36-23-49-42(51-36)38-22-48(17-18-48)25-55(38)44(57)40(29-9-10-29)54-47(60)62-4/h5-8,11-14,19-20,23-24,26,29,34-35,38-41H,9-10,15-18,21-22,25H2,1-4H3,(H,49,51)(H,50,52)(H,53,59)(H,54,60). The van der Waals surface area contributed by atoms with Gasteiger partial charge in [-0.25, -0.2) is 19.6 Å². The second-order valence-electron chi connectivity index (χ2n) is 18.6. The van der Waals surface area contributed by atoms with E-state index in [9.17, 15) is 19.2 Å². The molecule has 14 nitrogen and oxygen atoms in total. The number of alkyl carbamates (subject to hydrolysis) is 2. The predicted molar refractivity (Wildman–Crippen MR) is 232 cm³/mol. The number of carbonyl (C=O) groups excluding carboxylic acids is 4. The highest BCUT2D eigenvalue weighted by Gasteiger charge is 2.56. The van der Waals surface area contributed by atoms with Gasteiger partial charge in [0.2, 0.25) is 11.8 Å². The number of rotatable bonds is 11. The number of piperidine rings is 1. The van der Waals surface area contributed by atoms with Gasteiger partial charge >= 0.3 is 12.2 Å². The van der Waals surface area contributed by atoms with E-state index in [0.29, 0.717) is 12.5 Å². The normalized spacial score (nSPS) is 23.2. The van der Waals surface area contributed by atoms with Crippen LogP contribution in [-0.4, -0.2) is 92.6 Å². The van der Waals surface area contributed by atoms with Crippen LogP contribution in [0.1, 0.15) is 88.9 Å². The molecule has 62 heavy (non-hydrogen) atoms. The monoisotopic (exact) mass is 838 g/mol. The molecule has 4 N–H and O–H groups in total. The maximum atomic E-state index is 14.0. The molecule has 2 aliphatic heterocycles. The number of imidazole rings is 2. The molecule has 5 fully saturated rings. The average molecular weight is 839 g/mol. The van der Waals surface area contributed by atoms with Crippen molar-refractivity contribution < 1.29 is 28.7 Å². The third-order valence-electron chi connectivity index (χ3n) is 14.3. The number of aromatic nitrogens is 4. The minimum absolute atomic E-state index is 0.0450. The zero-order chi connectivity index (χ0) is 42.9. The van der Waals surface area contributed by atoms with Gasteiger partial charge in [0, 0.05) is 18.2 Å². The zero-order valence-corrected chi connectivity index (χ0v) is 35.6. The average Bonchev–Trinajstić information content (AvgIpc) is 3.84. The smallest absolute Gasteiger partial charge is 0.407 e. The van der Waals surface area contributed by atoms with Crippen molar-refractivity contribution in [3.05, 3.63) is 84.7 Å². The van der Waals surface area contributed by atoms with Crippen LogP contribution < -0.4 is 10.6 Å². The number of H-pyrrole nitrogens is 2. The number of methoxy groups -OCH3 is 2. The fourth-order valence-electron chi connectivity index (χ4n) is 10.5. The van der Waals surface area contributed by atoms with Crippen molar-refractivity contribution >= 4 is 34.8 Å². The molecule has 3 saturated carbocycles. The number of nitrogens with one attached hydrogen (secondary N) is 4. The Morgan fingerprint density at radius 3 is 2.03 bits per heavy atom. The van der Waals surface area contributed by atoms with E-state index in [1.165, 1.54) is 14.2 Å². The minimum atomic E-state index is -0.681. The maximum Gasteiger partial charge on any atom is 0.407 e. The van der Waals surface area contributed by atoms with Crippen LogP contribution in [0.25, 0.3) is 44.4 Å². The lowest BCUT2D eigenvalue weighted by Gasteiger charge is -2.37.